The summed E-state index contributed by atoms with van der Waals surface area (Å²) in [5.74, 6) is -1.17. The van der Waals surface area contributed by atoms with Gasteiger partial charge < -0.3 is 0 Å². The molecule has 6 nitrogen and oxygen atoms in total. The molecule has 0 fully saturated rings. The number of nitrogens with zero attached hydrogens (tertiary/aromatic N) is 4. The van der Waals surface area contributed by atoms with Gasteiger partial charge in [0.25, 0.3) is 0 Å². The van der Waals surface area contributed by atoms with Crippen LogP contribution in [0.5, 0.6) is 0 Å². The van der Waals surface area contributed by atoms with E-state index in [1.807, 2.05) is 0 Å². The van der Waals surface area contributed by atoms with E-state index in [0.29, 0.717) is 11.3 Å². The fraction of sp³-hybridized carbons (Fsp3) is 0.500. The number of aryl methyl sites for hydroxylation is 1. The molecule has 0 aliphatic heterocycles. The van der Waals surface area contributed by atoms with Crippen molar-refractivity contribution in [2.45, 2.75) is 24.2 Å². The Balaban J connectivity index is 2.11. The molecule has 0 aliphatic rings. The van der Waals surface area contributed by atoms with E-state index in [9.17, 15) is 26.0 Å². The van der Waals surface area contributed by atoms with Crippen LogP contribution in [0, 0.1) is 0 Å². The summed E-state index contributed by atoms with van der Waals surface area (Å²) in [6.45, 7) is -0.878. The summed E-state index contributed by atoms with van der Waals surface area (Å²) in [4.78, 5) is 6.98. The maximum Gasteiger partial charge on any atom is 0.443 e. The second-order valence-electron chi connectivity index (χ2n) is 4.26. The van der Waals surface area contributed by atoms with Crippen molar-refractivity contribution in [2.75, 3.05) is 6.67 Å². The van der Waals surface area contributed by atoms with Crippen LogP contribution < -0.4 is 0 Å². The van der Waals surface area contributed by atoms with Crippen LogP contribution in [0.2, 0.25) is 0 Å². The molecule has 0 N–H and O–H groups in total. The molecule has 0 unspecified atom stereocenters. The van der Waals surface area contributed by atoms with E-state index in [0.717, 1.165) is 16.4 Å². The minimum atomic E-state index is -4.60. The van der Waals surface area contributed by atoms with Gasteiger partial charge in [-0.3, -0.25) is 0 Å². The molecule has 2 heterocycles. The van der Waals surface area contributed by atoms with Crippen LogP contribution in [-0.2, 0) is 34.1 Å². The summed E-state index contributed by atoms with van der Waals surface area (Å²) in [6, 6.07) is 0. The van der Waals surface area contributed by atoms with Crippen LogP contribution >= 0.6 is 11.3 Å². The average Bonchev–Trinajstić information content (AvgIpc) is 2.98. The molecule has 0 atom stereocenters. The fourth-order valence-corrected chi connectivity index (χ4v) is 3.75. The van der Waals surface area contributed by atoms with Gasteiger partial charge in [-0.1, -0.05) is 0 Å². The number of alkyl halides is 4. The molecule has 0 radical (unpaired) electrons. The first-order chi connectivity index (χ1) is 10.2. The van der Waals surface area contributed by atoms with Crippen molar-refractivity contribution >= 4 is 21.2 Å². The number of aromatic nitrogens is 4. The highest BCUT2D eigenvalue weighted by Gasteiger charge is 2.35. The molecule has 22 heavy (non-hydrogen) atoms. The summed E-state index contributed by atoms with van der Waals surface area (Å²) in [5, 5.41) is 3.62. The predicted octanol–water partition coefficient (Wildman–Crippen LogP) is 1.84. The zero-order valence-corrected chi connectivity index (χ0v) is 12.5. The van der Waals surface area contributed by atoms with Gasteiger partial charge in [-0.25, -0.2) is 27.5 Å². The zero-order chi connectivity index (χ0) is 16.4. The molecule has 2 rings (SSSR count). The molecule has 122 valence electrons. The Hall–Kier alpha value is -1.56. The van der Waals surface area contributed by atoms with E-state index >= 15 is 0 Å². The molecule has 0 saturated heterocycles. The minimum Gasteiger partial charge on any atom is -0.249 e. The summed E-state index contributed by atoms with van der Waals surface area (Å²) in [7, 11) is -3.80. The van der Waals surface area contributed by atoms with Crippen LogP contribution in [0.3, 0.4) is 0 Å². The highest BCUT2D eigenvalue weighted by molar-refractivity contribution is 7.89. The average molecular weight is 358 g/mol. The molecule has 0 bridgehead atoms. The van der Waals surface area contributed by atoms with Crippen LogP contribution in [0.25, 0.3) is 0 Å². The van der Waals surface area contributed by atoms with Crippen molar-refractivity contribution < 1.29 is 26.0 Å². The number of hydrogen-bond acceptors (Lipinski definition) is 6. The van der Waals surface area contributed by atoms with Crippen molar-refractivity contribution in [2.24, 2.45) is 0 Å². The first-order valence-electron chi connectivity index (χ1n) is 5.86. The van der Waals surface area contributed by atoms with E-state index in [1.165, 1.54) is 0 Å². The van der Waals surface area contributed by atoms with E-state index < -0.39 is 39.2 Å². The van der Waals surface area contributed by atoms with Gasteiger partial charge in [0.15, 0.2) is 14.8 Å². The third-order valence-electron chi connectivity index (χ3n) is 2.50. The Morgan fingerprint density at radius 3 is 2.59 bits per heavy atom. The summed E-state index contributed by atoms with van der Waals surface area (Å²) in [5.41, 5.74) is -0.186. The molecular weight excluding hydrogens is 348 g/mol. The quantitative estimate of drug-likeness (QED) is 0.737. The minimum absolute atomic E-state index is 0.0314. The monoisotopic (exact) mass is 358 g/mol. The Morgan fingerprint density at radius 1 is 1.27 bits per heavy atom. The van der Waals surface area contributed by atoms with Crippen molar-refractivity contribution in [1.29, 1.82) is 0 Å². The smallest absolute Gasteiger partial charge is 0.249 e. The highest BCUT2D eigenvalue weighted by Crippen LogP contribution is 2.32. The van der Waals surface area contributed by atoms with E-state index in [1.54, 1.807) is 0 Å². The maximum absolute atomic E-state index is 12.4. The third-order valence-corrected chi connectivity index (χ3v) is 4.87. The van der Waals surface area contributed by atoms with Crippen LogP contribution in [0.1, 0.15) is 16.5 Å². The maximum atomic E-state index is 12.4. The second-order valence-corrected chi connectivity index (χ2v) is 7.18. The van der Waals surface area contributed by atoms with Crippen molar-refractivity contribution in [3.05, 3.63) is 28.2 Å². The molecule has 2 aromatic heterocycles. The SMILES string of the molecule is O=S(=O)(Cc1csc(C(F)(F)F)n1)Cc1ncnn1CCF. The lowest BCUT2D eigenvalue weighted by molar-refractivity contribution is -0.137. The van der Waals surface area contributed by atoms with Gasteiger partial charge in [0.2, 0.25) is 0 Å². The topological polar surface area (TPSA) is 77.7 Å². The zero-order valence-electron chi connectivity index (χ0n) is 10.9. The molecule has 0 spiro atoms. The van der Waals surface area contributed by atoms with Crippen LogP contribution in [-0.4, -0.2) is 34.8 Å². The number of rotatable bonds is 6. The van der Waals surface area contributed by atoms with Crippen LogP contribution in [0.4, 0.5) is 17.6 Å². The number of halogens is 4. The number of thiazole rings is 1. The van der Waals surface area contributed by atoms with E-state index in [4.69, 9.17) is 0 Å². The highest BCUT2D eigenvalue weighted by atomic mass is 32.2. The summed E-state index contributed by atoms with van der Waals surface area (Å²) in [6.07, 6.45) is -3.51. The lowest BCUT2D eigenvalue weighted by Gasteiger charge is -2.04. The Bertz CT molecular complexity index is 738. The molecule has 2 aromatic rings. The predicted molar refractivity (Wildman–Crippen MR) is 69.4 cm³/mol. The fourth-order valence-electron chi connectivity index (χ4n) is 1.64. The first-order valence-corrected chi connectivity index (χ1v) is 8.56. The van der Waals surface area contributed by atoms with Gasteiger partial charge in [-0.05, 0) is 0 Å². The van der Waals surface area contributed by atoms with Gasteiger partial charge in [-0.15, -0.1) is 11.3 Å². The number of sulfone groups is 1. The van der Waals surface area contributed by atoms with Crippen molar-refractivity contribution in [1.82, 2.24) is 19.7 Å². The largest absolute Gasteiger partial charge is 0.443 e. The molecular formula is C10H10F4N4O2S2. The van der Waals surface area contributed by atoms with Gasteiger partial charge in [0.1, 0.15) is 24.6 Å². The Labute approximate surface area is 126 Å². The normalized spacial score (nSPS) is 12.7. The van der Waals surface area contributed by atoms with Crippen LogP contribution in [0.15, 0.2) is 11.7 Å². The van der Waals surface area contributed by atoms with E-state index in [2.05, 4.69) is 15.1 Å². The van der Waals surface area contributed by atoms with Crippen molar-refractivity contribution in [3.63, 3.8) is 0 Å². The first kappa shape index (κ1) is 16.8. The molecule has 0 saturated carbocycles. The summed E-state index contributed by atoms with van der Waals surface area (Å²) < 4.78 is 74.6. The lowest BCUT2D eigenvalue weighted by Crippen LogP contribution is -2.14. The van der Waals surface area contributed by atoms with Gasteiger partial charge >= 0.3 is 6.18 Å². The van der Waals surface area contributed by atoms with Crippen molar-refractivity contribution in [3.8, 4) is 0 Å². The molecule has 12 heteroatoms. The van der Waals surface area contributed by atoms with Gasteiger partial charge in [0, 0.05) is 5.38 Å². The number of hydrogen-bond donors (Lipinski definition) is 0. The standard InChI is InChI=1S/C10H10F4N4O2S2/c11-1-2-18-8(15-6-16-18)5-22(19,20)4-7-3-21-9(17-7)10(12,13)14/h3,6H,1-2,4-5H2. The molecule has 0 aliphatic carbocycles. The second kappa shape index (κ2) is 6.28. The molecule has 0 amide bonds. The molecule has 0 aromatic carbocycles. The van der Waals surface area contributed by atoms with Gasteiger partial charge in [-0.2, -0.15) is 18.3 Å². The van der Waals surface area contributed by atoms with Gasteiger partial charge in [0.05, 0.1) is 18.0 Å². The summed E-state index contributed by atoms with van der Waals surface area (Å²) >= 11 is 0.333. The Kier molecular flexibility index (Phi) is 4.80. The third kappa shape index (κ3) is 4.22. The lowest BCUT2D eigenvalue weighted by atomic mass is 10.6. The van der Waals surface area contributed by atoms with E-state index in [-0.39, 0.29) is 18.1 Å². The Morgan fingerprint density at radius 2 is 2.00 bits per heavy atom.